The molecule has 214 valence electrons. The Morgan fingerprint density at radius 1 is 1.12 bits per heavy atom. The Hall–Kier alpha value is -4.57. The molecule has 1 spiro atoms. The molecule has 1 aliphatic heterocycles. The minimum absolute atomic E-state index is 0.0246. The molecule has 4 heterocycles. The quantitative estimate of drug-likeness (QED) is 0.307. The summed E-state index contributed by atoms with van der Waals surface area (Å²) in [5.74, 6) is 1.42. The summed E-state index contributed by atoms with van der Waals surface area (Å²) < 4.78 is 1.98. The van der Waals surface area contributed by atoms with Crippen molar-refractivity contribution in [1.29, 1.82) is 0 Å². The Morgan fingerprint density at radius 3 is 2.64 bits per heavy atom. The normalized spacial score (nSPS) is 19.3. The number of carbonyl (C=O) groups excluding carboxylic acids is 2. The van der Waals surface area contributed by atoms with E-state index >= 15 is 0 Å². The fourth-order valence-corrected chi connectivity index (χ4v) is 6.07. The zero-order valence-electron chi connectivity index (χ0n) is 23.6. The molecule has 3 aromatic heterocycles. The number of rotatable bonds is 8. The van der Waals surface area contributed by atoms with Crippen molar-refractivity contribution in [2.75, 3.05) is 31.2 Å². The lowest BCUT2D eigenvalue weighted by Crippen LogP contribution is -2.31. The van der Waals surface area contributed by atoms with Crippen LogP contribution in [0.2, 0.25) is 0 Å². The lowest BCUT2D eigenvalue weighted by molar-refractivity contribution is -0.127. The molecular formula is C32H34N8O2. The van der Waals surface area contributed by atoms with Crippen LogP contribution in [0, 0.1) is 5.41 Å². The number of aromatic nitrogens is 4. The van der Waals surface area contributed by atoms with E-state index in [9.17, 15) is 9.59 Å². The molecule has 2 aliphatic carbocycles. The summed E-state index contributed by atoms with van der Waals surface area (Å²) in [6, 6.07) is 13.1. The minimum atomic E-state index is -0.247. The van der Waals surface area contributed by atoms with Gasteiger partial charge in [-0.25, -0.2) is 15.0 Å². The van der Waals surface area contributed by atoms with Crippen LogP contribution in [0.1, 0.15) is 54.3 Å². The van der Waals surface area contributed by atoms with Crippen molar-refractivity contribution in [1.82, 2.24) is 29.2 Å². The van der Waals surface area contributed by atoms with Gasteiger partial charge in [0.15, 0.2) is 0 Å². The number of hydrogen-bond acceptors (Lipinski definition) is 7. The summed E-state index contributed by atoms with van der Waals surface area (Å²) in [7, 11) is 2.11. The molecule has 4 aromatic rings. The molecule has 3 fully saturated rings. The molecule has 3 N–H and O–H groups in total. The van der Waals surface area contributed by atoms with E-state index in [-0.39, 0.29) is 23.3 Å². The lowest BCUT2D eigenvalue weighted by Gasteiger charge is -2.22. The molecule has 2 saturated carbocycles. The third-order valence-electron chi connectivity index (χ3n) is 8.81. The maximum Gasteiger partial charge on any atom is 0.256 e. The number of carbonyl (C=O) groups is 2. The smallest absolute Gasteiger partial charge is 0.256 e. The topological polar surface area (TPSA) is 122 Å². The van der Waals surface area contributed by atoms with E-state index in [4.69, 9.17) is 10.7 Å². The maximum absolute atomic E-state index is 13.5. The van der Waals surface area contributed by atoms with Crippen LogP contribution < -0.4 is 11.1 Å². The number of imidazole rings is 1. The number of likely N-dealkylation sites (tertiary alicyclic amines) is 1. The second-order valence-electron chi connectivity index (χ2n) is 11.9. The third kappa shape index (κ3) is 5.02. The highest BCUT2D eigenvalue weighted by atomic mass is 16.2. The van der Waals surface area contributed by atoms with Gasteiger partial charge in [0.2, 0.25) is 5.91 Å². The van der Waals surface area contributed by atoms with Crippen molar-refractivity contribution in [3.05, 3.63) is 84.6 Å². The molecule has 0 radical (unpaired) electrons. The molecule has 2 amide bonds. The van der Waals surface area contributed by atoms with E-state index < -0.39 is 0 Å². The molecule has 10 heteroatoms. The van der Waals surface area contributed by atoms with E-state index in [2.05, 4.69) is 27.2 Å². The zero-order chi connectivity index (χ0) is 28.8. The number of benzene rings is 1. The van der Waals surface area contributed by atoms with Crippen LogP contribution in [0.25, 0.3) is 16.8 Å². The van der Waals surface area contributed by atoms with E-state index in [0.29, 0.717) is 34.5 Å². The van der Waals surface area contributed by atoms with Gasteiger partial charge >= 0.3 is 0 Å². The number of nitrogens with one attached hydrogen (secondary N) is 1. The van der Waals surface area contributed by atoms with Crippen molar-refractivity contribution >= 4 is 29.0 Å². The first-order chi connectivity index (χ1) is 20.4. The molecule has 42 heavy (non-hydrogen) atoms. The van der Waals surface area contributed by atoms with E-state index in [0.717, 1.165) is 43.7 Å². The summed E-state index contributed by atoms with van der Waals surface area (Å²) in [5.41, 5.74) is 9.28. The van der Waals surface area contributed by atoms with Gasteiger partial charge in [0.25, 0.3) is 5.91 Å². The van der Waals surface area contributed by atoms with Gasteiger partial charge in [0, 0.05) is 54.9 Å². The first kappa shape index (κ1) is 26.3. The van der Waals surface area contributed by atoms with Gasteiger partial charge in [-0.05, 0) is 68.8 Å². The first-order valence-corrected chi connectivity index (χ1v) is 14.5. The number of amides is 2. The Balaban J connectivity index is 1.18. The average Bonchev–Trinajstić information content (AvgIpc) is 3.91. The van der Waals surface area contributed by atoms with Crippen molar-refractivity contribution in [2.24, 2.45) is 5.41 Å². The van der Waals surface area contributed by atoms with Gasteiger partial charge in [0.05, 0.1) is 6.04 Å². The van der Waals surface area contributed by atoms with Gasteiger partial charge in [0.1, 0.15) is 28.7 Å². The second-order valence-corrected chi connectivity index (χ2v) is 11.9. The molecule has 1 saturated heterocycles. The van der Waals surface area contributed by atoms with Gasteiger partial charge in [-0.15, -0.1) is 0 Å². The molecule has 10 nitrogen and oxygen atoms in total. The molecule has 0 bridgehead atoms. The van der Waals surface area contributed by atoms with Crippen LogP contribution in [0.15, 0.2) is 73.2 Å². The monoisotopic (exact) mass is 562 g/mol. The molecular weight excluding hydrogens is 528 g/mol. The molecule has 1 aromatic carbocycles. The van der Waals surface area contributed by atoms with E-state index in [1.54, 1.807) is 42.7 Å². The standard InChI is InChI=1S/C32H34N8O2/c1-38(23-11-12-23)17-4-6-26(41)40-20-32(13-14-32)19-24(40)30-37-27(28-29(33)35-16-18-39(28)30)21-7-9-22(10-8-21)31(42)36-25-5-2-3-15-34-25/h2-10,15-16,18,23-24H,11-14,17,19-20H2,1H3,(H2,33,35)(H,34,36,42)/b6-4+/t24-/m0/s1. The SMILES string of the molecule is CN(C/C=C/C(=O)N1CC2(CC2)C[C@H]1c1nc(-c2ccc(C(=O)Nc3ccccn3)cc2)c2c(N)nccn12)C1CC1. The molecule has 1 atom stereocenters. The molecule has 0 unspecified atom stereocenters. The van der Waals surface area contributed by atoms with Gasteiger partial charge < -0.3 is 16.0 Å². The summed E-state index contributed by atoms with van der Waals surface area (Å²) in [6.07, 6.45) is 14.5. The highest BCUT2D eigenvalue weighted by Gasteiger charge is 2.54. The van der Waals surface area contributed by atoms with E-state index in [1.807, 2.05) is 39.8 Å². The highest BCUT2D eigenvalue weighted by Crippen LogP contribution is 2.58. The summed E-state index contributed by atoms with van der Waals surface area (Å²) in [6.45, 7) is 1.51. The van der Waals surface area contributed by atoms with Crippen LogP contribution in [0.4, 0.5) is 11.6 Å². The predicted molar refractivity (Wildman–Crippen MR) is 161 cm³/mol. The van der Waals surface area contributed by atoms with Gasteiger partial charge in [-0.1, -0.05) is 24.3 Å². The van der Waals surface area contributed by atoms with Gasteiger partial charge in [-0.3, -0.25) is 18.9 Å². The minimum Gasteiger partial charge on any atom is -0.382 e. The average molecular weight is 563 g/mol. The number of nitrogen functional groups attached to an aromatic ring is 1. The van der Waals surface area contributed by atoms with Crippen molar-refractivity contribution in [3.63, 3.8) is 0 Å². The van der Waals surface area contributed by atoms with Crippen LogP contribution in [-0.2, 0) is 4.79 Å². The Bertz CT molecular complexity index is 1670. The van der Waals surface area contributed by atoms with Gasteiger partial charge in [-0.2, -0.15) is 0 Å². The first-order valence-electron chi connectivity index (χ1n) is 14.5. The Morgan fingerprint density at radius 2 is 1.93 bits per heavy atom. The number of nitrogens with zero attached hydrogens (tertiary/aromatic N) is 6. The molecule has 3 aliphatic rings. The van der Waals surface area contributed by atoms with Crippen molar-refractivity contribution < 1.29 is 9.59 Å². The number of likely N-dealkylation sites (N-methyl/N-ethyl adjacent to an activating group) is 1. The van der Waals surface area contributed by atoms with Crippen LogP contribution in [0.3, 0.4) is 0 Å². The number of anilines is 2. The summed E-state index contributed by atoms with van der Waals surface area (Å²) in [4.78, 5) is 44.2. The number of pyridine rings is 1. The fourth-order valence-electron chi connectivity index (χ4n) is 6.07. The highest BCUT2D eigenvalue weighted by molar-refractivity contribution is 6.04. The fraction of sp³-hybridized carbons (Fsp3) is 0.344. The van der Waals surface area contributed by atoms with Crippen LogP contribution in [-0.4, -0.2) is 67.1 Å². The predicted octanol–water partition coefficient (Wildman–Crippen LogP) is 4.33. The number of fused-ring (bicyclic) bond motifs is 1. The van der Waals surface area contributed by atoms with Crippen LogP contribution in [0.5, 0.6) is 0 Å². The molecule has 7 rings (SSSR count). The number of nitrogens with two attached hydrogens (primary N) is 1. The maximum atomic E-state index is 13.5. The third-order valence-corrected chi connectivity index (χ3v) is 8.81. The number of hydrogen-bond donors (Lipinski definition) is 2. The Kier molecular flexibility index (Phi) is 6.50. The second kappa shape index (κ2) is 10.4. The van der Waals surface area contributed by atoms with E-state index in [1.165, 1.54) is 12.8 Å². The van der Waals surface area contributed by atoms with Crippen molar-refractivity contribution in [2.45, 2.75) is 44.2 Å². The Labute approximate surface area is 244 Å². The summed E-state index contributed by atoms with van der Waals surface area (Å²) >= 11 is 0. The largest absolute Gasteiger partial charge is 0.382 e. The van der Waals surface area contributed by atoms with Crippen LogP contribution >= 0.6 is 0 Å². The summed E-state index contributed by atoms with van der Waals surface area (Å²) in [5, 5.41) is 2.81. The zero-order valence-corrected chi connectivity index (χ0v) is 23.6. The van der Waals surface area contributed by atoms with Crippen molar-refractivity contribution in [3.8, 4) is 11.3 Å². The lowest BCUT2D eigenvalue weighted by atomic mass is 10.0.